The molecular formula is C15H21ClN2O5. The molecule has 0 bridgehead atoms. The van der Waals surface area contributed by atoms with E-state index in [1.54, 1.807) is 6.07 Å². The van der Waals surface area contributed by atoms with Crippen molar-refractivity contribution in [2.45, 2.75) is 32.4 Å². The predicted molar refractivity (Wildman–Crippen MR) is 86.0 cm³/mol. The minimum Gasteiger partial charge on any atom is -0.480 e. The van der Waals surface area contributed by atoms with Crippen LogP contribution in [-0.4, -0.2) is 36.4 Å². The Hall–Kier alpha value is -1.99. The summed E-state index contributed by atoms with van der Waals surface area (Å²) >= 11 is 0. The van der Waals surface area contributed by atoms with Gasteiger partial charge in [-0.2, -0.15) is 0 Å². The largest absolute Gasteiger partial charge is 0.480 e. The standard InChI is InChI=1S/C15H20N2O5.ClH/c1-2-3-11(15(19)20)16-8-14(18)17-7-10-4-5-12-13(6-10)22-9-21-12;/h4-6,11,16H,2-3,7-9H2,1H3,(H,17,18)(H,19,20);1H. The monoisotopic (exact) mass is 344 g/mol. The molecule has 1 aliphatic heterocycles. The fourth-order valence-electron chi connectivity index (χ4n) is 2.13. The highest BCUT2D eigenvalue weighted by atomic mass is 35.5. The van der Waals surface area contributed by atoms with E-state index in [0.29, 0.717) is 24.5 Å². The number of amides is 1. The molecule has 0 aliphatic carbocycles. The minimum atomic E-state index is -0.939. The van der Waals surface area contributed by atoms with Gasteiger partial charge in [0.05, 0.1) is 6.54 Å². The second-order valence-electron chi connectivity index (χ2n) is 5.02. The summed E-state index contributed by atoms with van der Waals surface area (Å²) in [6.07, 6.45) is 1.23. The van der Waals surface area contributed by atoms with Crippen LogP contribution in [0.5, 0.6) is 11.5 Å². The Balaban J connectivity index is 0.00000264. The molecule has 1 unspecified atom stereocenters. The maximum Gasteiger partial charge on any atom is 0.320 e. The number of hydrogen-bond donors (Lipinski definition) is 3. The third-order valence-electron chi connectivity index (χ3n) is 3.31. The number of carboxylic acids is 1. The summed E-state index contributed by atoms with van der Waals surface area (Å²) < 4.78 is 10.5. The van der Waals surface area contributed by atoms with Crippen LogP contribution in [0.3, 0.4) is 0 Å². The Bertz CT molecular complexity index is 553. The fraction of sp³-hybridized carbons (Fsp3) is 0.467. The van der Waals surface area contributed by atoms with E-state index in [4.69, 9.17) is 14.6 Å². The van der Waals surface area contributed by atoms with Gasteiger partial charge in [-0.15, -0.1) is 12.4 Å². The number of halogens is 1. The average Bonchev–Trinajstić information content (AvgIpc) is 2.96. The van der Waals surface area contributed by atoms with E-state index in [2.05, 4.69) is 10.6 Å². The summed E-state index contributed by atoms with van der Waals surface area (Å²) in [5, 5.41) is 14.5. The van der Waals surface area contributed by atoms with E-state index < -0.39 is 12.0 Å². The van der Waals surface area contributed by atoms with Crippen LogP contribution in [0.4, 0.5) is 0 Å². The van der Waals surface area contributed by atoms with Crippen molar-refractivity contribution in [3.05, 3.63) is 23.8 Å². The highest BCUT2D eigenvalue weighted by Gasteiger charge is 2.17. The lowest BCUT2D eigenvalue weighted by Crippen LogP contribution is -2.42. The summed E-state index contributed by atoms with van der Waals surface area (Å²) in [4.78, 5) is 22.7. The van der Waals surface area contributed by atoms with Gasteiger partial charge in [-0.25, -0.2) is 0 Å². The number of aliphatic carboxylic acids is 1. The SMILES string of the molecule is CCCC(NCC(=O)NCc1ccc2c(c1)OCO2)C(=O)O.Cl. The van der Waals surface area contributed by atoms with Crippen molar-refractivity contribution in [2.75, 3.05) is 13.3 Å². The van der Waals surface area contributed by atoms with Gasteiger partial charge in [0.1, 0.15) is 6.04 Å². The lowest BCUT2D eigenvalue weighted by molar-refractivity contribution is -0.139. The molecule has 1 heterocycles. The number of nitrogens with one attached hydrogen (secondary N) is 2. The molecule has 0 spiro atoms. The van der Waals surface area contributed by atoms with Gasteiger partial charge in [0, 0.05) is 6.54 Å². The van der Waals surface area contributed by atoms with E-state index >= 15 is 0 Å². The van der Waals surface area contributed by atoms with Crippen LogP contribution in [0.1, 0.15) is 25.3 Å². The summed E-state index contributed by atoms with van der Waals surface area (Å²) in [7, 11) is 0. The number of ether oxygens (including phenoxy) is 2. The lowest BCUT2D eigenvalue weighted by atomic mass is 10.1. The van der Waals surface area contributed by atoms with E-state index in [-0.39, 0.29) is 31.7 Å². The summed E-state index contributed by atoms with van der Waals surface area (Å²) in [6, 6.07) is 4.76. The van der Waals surface area contributed by atoms with Gasteiger partial charge in [0.15, 0.2) is 11.5 Å². The van der Waals surface area contributed by atoms with Gasteiger partial charge >= 0.3 is 5.97 Å². The molecule has 1 amide bonds. The van der Waals surface area contributed by atoms with Gasteiger partial charge in [0.2, 0.25) is 12.7 Å². The summed E-state index contributed by atoms with van der Waals surface area (Å²) in [6.45, 7) is 2.44. The van der Waals surface area contributed by atoms with Crippen molar-refractivity contribution in [2.24, 2.45) is 0 Å². The molecule has 1 aromatic carbocycles. The van der Waals surface area contributed by atoms with Crippen LogP contribution < -0.4 is 20.1 Å². The first kappa shape index (κ1) is 19.1. The summed E-state index contributed by atoms with van der Waals surface area (Å²) in [5.41, 5.74) is 0.890. The zero-order valence-electron chi connectivity index (χ0n) is 12.8. The number of rotatable bonds is 8. The van der Waals surface area contributed by atoms with E-state index in [0.717, 1.165) is 12.0 Å². The van der Waals surface area contributed by atoms with Crippen molar-refractivity contribution >= 4 is 24.3 Å². The molecule has 7 nitrogen and oxygen atoms in total. The molecule has 3 N–H and O–H groups in total. The number of carboxylic acid groups (broad SMARTS) is 1. The molecular weight excluding hydrogens is 324 g/mol. The molecule has 128 valence electrons. The van der Waals surface area contributed by atoms with Crippen molar-refractivity contribution in [1.82, 2.24) is 10.6 Å². The number of carbonyl (C=O) groups excluding carboxylic acids is 1. The topological polar surface area (TPSA) is 96.9 Å². The first-order valence-electron chi connectivity index (χ1n) is 7.21. The Kier molecular flexibility index (Phi) is 7.64. The molecule has 0 saturated carbocycles. The fourth-order valence-corrected chi connectivity index (χ4v) is 2.13. The van der Waals surface area contributed by atoms with Crippen LogP contribution in [0.25, 0.3) is 0 Å². The normalized spacial score (nSPS) is 13.1. The van der Waals surface area contributed by atoms with Crippen molar-refractivity contribution in [3.8, 4) is 11.5 Å². The maximum atomic E-state index is 11.8. The molecule has 1 aliphatic rings. The highest BCUT2D eigenvalue weighted by Crippen LogP contribution is 2.32. The number of hydrogen-bond acceptors (Lipinski definition) is 5. The van der Waals surface area contributed by atoms with Crippen LogP contribution in [-0.2, 0) is 16.1 Å². The van der Waals surface area contributed by atoms with Gasteiger partial charge in [0.25, 0.3) is 0 Å². The zero-order valence-corrected chi connectivity index (χ0v) is 13.6. The van der Waals surface area contributed by atoms with E-state index in [9.17, 15) is 9.59 Å². The first-order valence-corrected chi connectivity index (χ1v) is 7.21. The maximum absolute atomic E-state index is 11.8. The van der Waals surface area contributed by atoms with Gasteiger partial charge < -0.3 is 19.9 Å². The molecule has 1 atom stereocenters. The molecule has 2 rings (SSSR count). The van der Waals surface area contributed by atoms with Gasteiger partial charge in [-0.1, -0.05) is 19.4 Å². The van der Waals surface area contributed by atoms with Crippen LogP contribution in [0, 0.1) is 0 Å². The van der Waals surface area contributed by atoms with Gasteiger partial charge in [-0.05, 0) is 24.1 Å². The molecule has 0 saturated heterocycles. The number of benzene rings is 1. The van der Waals surface area contributed by atoms with Gasteiger partial charge in [-0.3, -0.25) is 14.9 Å². The van der Waals surface area contributed by atoms with Crippen molar-refractivity contribution in [1.29, 1.82) is 0 Å². The van der Waals surface area contributed by atoms with Crippen LogP contribution >= 0.6 is 12.4 Å². The third kappa shape index (κ3) is 5.61. The first-order chi connectivity index (χ1) is 10.6. The second kappa shape index (κ2) is 9.22. The minimum absolute atomic E-state index is 0. The Morgan fingerprint density at radius 1 is 1.30 bits per heavy atom. The predicted octanol–water partition coefficient (Wildman–Crippen LogP) is 1.30. The van der Waals surface area contributed by atoms with Crippen LogP contribution in [0.2, 0.25) is 0 Å². The molecule has 0 aromatic heterocycles. The van der Waals surface area contributed by atoms with Crippen LogP contribution in [0.15, 0.2) is 18.2 Å². The second-order valence-corrected chi connectivity index (χ2v) is 5.02. The average molecular weight is 345 g/mol. The Morgan fingerprint density at radius 3 is 2.74 bits per heavy atom. The Labute approximate surface area is 140 Å². The van der Waals surface area contributed by atoms with E-state index in [1.165, 1.54) is 0 Å². The molecule has 0 fully saturated rings. The van der Waals surface area contributed by atoms with Crippen molar-refractivity contribution < 1.29 is 24.2 Å². The summed E-state index contributed by atoms with van der Waals surface area (Å²) in [5.74, 6) is 0.171. The lowest BCUT2D eigenvalue weighted by Gasteiger charge is -2.13. The van der Waals surface area contributed by atoms with E-state index in [1.807, 2.05) is 19.1 Å². The zero-order chi connectivity index (χ0) is 15.9. The molecule has 23 heavy (non-hydrogen) atoms. The quantitative estimate of drug-likeness (QED) is 0.657. The molecule has 1 aromatic rings. The smallest absolute Gasteiger partial charge is 0.320 e. The Morgan fingerprint density at radius 2 is 2.04 bits per heavy atom. The number of fused-ring (bicyclic) bond motifs is 1. The molecule has 0 radical (unpaired) electrons. The number of carbonyl (C=O) groups is 2. The molecule has 8 heteroatoms. The van der Waals surface area contributed by atoms with Crippen molar-refractivity contribution in [3.63, 3.8) is 0 Å². The highest BCUT2D eigenvalue weighted by molar-refractivity contribution is 5.85. The third-order valence-corrected chi connectivity index (χ3v) is 3.31.